The van der Waals surface area contributed by atoms with E-state index in [-0.39, 0.29) is 6.02 Å². The first-order valence-electron chi connectivity index (χ1n) is 4.42. The second-order valence-corrected chi connectivity index (χ2v) is 2.79. The number of hydrogen-bond acceptors (Lipinski definition) is 5. The van der Waals surface area contributed by atoms with Crippen LogP contribution in [0.5, 0.6) is 5.75 Å². The maximum absolute atomic E-state index is 11.5. The number of rotatable bonds is 2. The maximum atomic E-state index is 11.5. The molecule has 0 atom stereocenters. The number of nitrogens with zero attached hydrogens (tertiary/aromatic N) is 1. The molecule has 16 heavy (non-hydrogen) atoms. The van der Waals surface area contributed by atoms with Crippen LogP contribution in [0.2, 0.25) is 0 Å². The van der Waals surface area contributed by atoms with Crippen molar-refractivity contribution in [3.63, 3.8) is 0 Å². The van der Waals surface area contributed by atoms with Crippen LogP contribution in [0.3, 0.4) is 0 Å². The van der Waals surface area contributed by atoms with Crippen molar-refractivity contribution in [1.29, 1.82) is 0 Å². The summed E-state index contributed by atoms with van der Waals surface area (Å²) < 4.78 is 9.53. The van der Waals surface area contributed by atoms with Gasteiger partial charge in [0.15, 0.2) is 0 Å². The first-order valence-corrected chi connectivity index (χ1v) is 4.42. The molecule has 0 aliphatic rings. The highest BCUT2D eigenvalue weighted by Gasteiger charge is 2.09. The summed E-state index contributed by atoms with van der Waals surface area (Å²) >= 11 is 0. The van der Waals surface area contributed by atoms with Crippen molar-refractivity contribution in [3.05, 3.63) is 29.8 Å². The normalized spacial score (nSPS) is 10.8. The van der Waals surface area contributed by atoms with Gasteiger partial charge in [-0.2, -0.15) is 0 Å². The molecule has 1 aromatic rings. The lowest BCUT2D eigenvalue weighted by atomic mass is 10.2. The summed E-state index contributed by atoms with van der Waals surface area (Å²) in [5.41, 5.74) is 0.402. The van der Waals surface area contributed by atoms with E-state index in [1.54, 1.807) is 24.3 Å². The summed E-state index contributed by atoms with van der Waals surface area (Å²) in [6, 6.07) is 6.20. The van der Waals surface area contributed by atoms with Crippen LogP contribution in [0.15, 0.2) is 29.4 Å². The summed E-state index contributed by atoms with van der Waals surface area (Å²) in [6.07, 6.45) is 0. The standard InChI is InChI=1S/C10H12N2O4/c1-15-8-5-3-7(4-6-8)9(13)11-10(12-14)16-2/h3-6,14H,1-2H3,(H,11,12,13). The van der Waals surface area contributed by atoms with Crippen LogP contribution in [-0.2, 0) is 4.74 Å². The van der Waals surface area contributed by atoms with Crippen molar-refractivity contribution < 1.29 is 19.5 Å². The van der Waals surface area contributed by atoms with Crippen molar-refractivity contribution in [1.82, 2.24) is 5.32 Å². The van der Waals surface area contributed by atoms with E-state index in [4.69, 9.17) is 9.94 Å². The number of oxime groups is 1. The van der Waals surface area contributed by atoms with E-state index < -0.39 is 5.91 Å². The van der Waals surface area contributed by atoms with Gasteiger partial charge in [0.2, 0.25) is 0 Å². The predicted octanol–water partition coefficient (Wildman–Crippen LogP) is 0.817. The van der Waals surface area contributed by atoms with Gasteiger partial charge in [-0.3, -0.25) is 10.1 Å². The molecule has 0 spiro atoms. The third kappa shape index (κ3) is 2.88. The summed E-state index contributed by atoms with van der Waals surface area (Å²) in [4.78, 5) is 11.5. The Morgan fingerprint density at radius 3 is 2.38 bits per heavy atom. The highest BCUT2D eigenvalue weighted by atomic mass is 16.5. The van der Waals surface area contributed by atoms with Crippen LogP contribution in [-0.4, -0.2) is 31.4 Å². The maximum Gasteiger partial charge on any atom is 0.330 e. The smallest absolute Gasteiger partial charge is 0.330 e. The van der Waals surface area contributed by atoms with Gasteiger partial charge in [0, 0.05) is 5.56 Å². The van der Waals surface area contributed by atoms with Crippen LogP contribution in [0.1, 0.15) is 10.4 Å². The Hall–Kier alpha value is -2.24. The van der Waals surface area contributed by atoms with Crippen LogP contribution >= 0.6 is 0 Å². The van der Waals surface area contributed by atoms with Gasteiger partial charge >= 0.3 is 6.02 Å². The third-order valence-electron chi connectivity index (χ3n) is 1.86. The van der Waals surface area contributed by atoms with Crippen LogP contribution in [0.25, 0.3) is 0 Å². The summed E-state index contributed by atoms with van der Waals surface area (Å²) in [7, 11) is 2.82. The van der Waals surface area contributed by atoms with Gasteiger partial charge in [-0.15, -0.1) is 0 Å². The number of methoxy groups -OCH3 is 2. The molecule has 0 heterocycles. The lowest BCUT2D eigenvalue weighted by molar-refractivity contribution is 0.0965. The van der Waals surface area contributed by atoms with Crippen molar-refractivity contribution in [2.75, 3.05) is 14.2 Å². The van der Waals surface area contributed by atoms with E-state index in [1.807, 2.05) is 0 Å². The minimum Gasteiger partial charge on any atom is -0.497 e. The molecule has 0 fully saturated rings. The van der Waals surface area contributed by atoms with Crippen LogP contribution < -0.4 is 10.1 Å². The molecule has 0 bridgehead atoms. The minimum absolute atomic E-state index is 0.263. The molecule has 0 aliphatic carbocycles. The average Bonchev–Trinajstić information content (AvgIpc) is 2.35. The zero-order valence-corrected chi connectivity index (χ0v) is 8.93. The predicted molar refractivity (Wildman–Crippen MR) is 56.7 cm³/mol. The van der Waals surface area contributed by atoms with Crippen molar-refractivity contribution >= 4 is 11.9 Å². The van der Waals surface area contributed by atoms with Crippen LogP contribution in [0.4, 0.5) is 0 Å². The number of benzene rings is 1. The number of carbonyl (C=O) groups excluding carboxylic acids is 1. The highest BCUT2D eigenvalue weighted by Crippen LogP contribution is 2.10. The highest BCUT2D eigenvalue weighted by molar-refractivity contribution is 6.03. The Bertz CT molecular complexity index is 386. The Kier molecular flexibility index (Phi) is 4.14. The van der Waals surface area contributed by atoms with E-state index in [0.717, 1.165) is 0 Å². The summed E-state index contributed by atoms with van der Waals surface area (Å²) in [6.45, 7) is 0. The van der Waals surface area contributed by atoms with Crippen LogP contribution in [0, 0.1) is 0 Å². The molecule has 1 amide bonds. The fourth-order valence-electron chi connectivity index (χ4n) is 1.03. The van der Waals surface area contributed by atoms with E-state index >= 15 is 0 Å². The Labute approximate surface area is 92.5 Å². The summed E-state index contributed by atoms with van der Waals surface area (Å²) in [5.74, 6) is 0.219. The van der Waals surface area contributed by atoms with E-state index in [9.17, 15) is 4.79 Å². The molecule has 0 unspecified atom stereocenters. The average molecular weight is 224 g/mol. The fraction of sp³-hybridized carbons (Fsp3) is 0.200. The Morgan fingerprint density at radius 1 is 1.31 bits per heavy atom. The third-order valence-corrected chi connectivity index (χ3v) is 1.86. The molecular formula is C10H12N2O4. The quantitative estimate of drug-likeness (QED) is 0.337. The second-order valence-electron chi connectivity index (χ2n) is 2.79. The molecule has 6 nitrogen and oxygen atoms in total. The van der Waals surface area contributed by atoms with Gasteiger partial charge in [-0.25, -0.2) is 0 Å². The van der Waals surface area contributed by atoms with Gasteiger partial charge in [0.1, 0.15) is 5.75 Å². The number of amidine groups is 1. The van der Waals surface area contributed by atoms with Crippen molar-refractivity contribution in [2.45, 2.75) is 0 Å². The van der Waals surface area contributed by atoms with E-state index in [1.165, 1.54) is 14.2 Å². The van der Waals surface area contributed by atoms with Gasteiger partial charge in [0.05, 0.1) is 14.2 Å². The van der Waals surface area contributed by atoms with Gasteiger partial charge < -0.3 is 14.7 Å². The van der Waals surface area contributed by atoms with Gasteiger partial charge in [0.25, 0.3) is 5.91 Å². The number of amides is 1. The van der Waals surface area contributed by atoms with Gasteiger partial charge in [-0.1, -0.05) is 0 Å². The first kappa shape index (κ1) is 11.8. The molecular weight excluding hydrogens is 212 g/mol. The summed E-state index contributed by atoms with van der Waals surface area (Å²) in [5, 5.41) is 13.4. The Balaban J connectivity index is 2.73. The largest absolute Gasteiger partial charge is 0.497 e. The zero-order valence-electron chi connectivity index (χ0n) is 8.93. The zero-order chi connectivity index (χ0) is 12.0. The topological polar surface area (TPSA) is 80.2 Å². The lowest BCUT2D eigenvalue weighted by Gasteiger charge is -2.05. The van der Waals surface area contributed by atoms with Crippen molar-refractivity contribution in [2.24, 2.45) is 5.16 Å². The molecule has 0 saturated heterocycles. The minimum atomic E-state index is -0.433. The second kappa shape index (κ2) is 5.59. The fourth-order valence-corrected chi connectivity index (χ4v) is 1.03. The number of hydrogen-bond donors (Lipinski definition) is 2. The molecule has 0 aromatic heterocycles. The van der Waals surface area contributed by atoms with E-state index in [2.05, 4.69) is 15.2 Å². The lowest BCUT2D eigenvalue weighted by Crippen LogP contribution is -2.31. The number of ether oxygens (including phenoxy) is 2. The van der Waals surface area contributed by atoms with E-state index in [0.29, 0.717) is 11.3 Å². The molecule has 0 saturated carbocycles. The van der Waals surface area contributed by atoms with Gasteiger partial charge in [-0.05, 0) is 29.4 Å². The molecule has 6 heteroatoms. The number of nitrogens with one attached hydrogen (secondary N) is 1. The molecule has 1 rings (SSSR count). The first-order chi connectivity index (χ1) is 7.71. The Morgan fingerprint density at radius 2 is 1.94 bits per heavy atom. The SMILES string of the molecule is CO/C(=N/O)NC(=O)c1ccc(OC)cc1. The molecule has 1 aromatic carbocycles. The number of carbonyl (C=O) groups is 1. The monoisotopic (exact) mass is 224 g/mol. The molecule has 86 valence electrons. The molecule has 0 radical (unpaired) electrons. The molecule has 2 N–H and O–H groups in total. The van der Waals surface area contributed by atoms with Crippen molar-refractivity contribution in [3.8, 4) is 5.75 Å². The molecule has 0 aliphatic heterocycles.